The van der Waals surface area contributed by atoms with Gasteiger partial charge >= 0.3 is 5.97 Å². The molecule has 0 amide bonds. The topological polar surface area (TPSA) is 68.0 Å². The average Bonchev–Trinajstić information content (AvgIpc) is 2.46. The van der Waals surface area contributed by atoms with Crippen molar-refractivity contribution in [1.29, 1.82) is 0 Å². The molecule has 0 radical (unpaired) electrons. The summed E-state index contributed by atoms with van der Waals surface area (Å²) in [5, 5.41) is 16.5. The van der Waals surface area contributed by atoms with Crippen LogP contribution >= 0.6 is 0 Å². The third-order valence-electron chi connectivity index (χ3n) is 1.81. The molecule has 0 bridgehead atoms. The Morgan fingerprint density at radius 2 is 2.23 bits per heavy atom. The number of hydrogen-bond donors (Lipinski definition) is 1. The summed E-state index contributed by atoms with van der Waals surface area (Å²) in [5.74, 6) is -0.873. The fourth-order valence-corrected chi connectivity index (χ4v) is 1.16. The second-order valence-electron chi connectivity index (χ2n) is 3.10. The first-order valence-electron chi connectivity index (χ1n) is 4.24. The molecule has 1 rings (SSSR count). The van der Waals surface area contributed by atoms with Crippen LogP contribution in [0.1, 0.15) is 42.9 Å². The zero-order chi connectivity index (χ0) is 10.0. The molecule has 5 heteroatoms. The number of carboxylic acid groups (broad SMARTS) is 1. The summed E-state index contributed by atoms with van der Waals surface area (Å²) in [4.78, 5) is 10.9. The fourth-order valence-electron chi connectivity index (χ4n) is 1.16. The zero-order valence-corrected chi connectivity index (χ0v) is 7.98. The van der Waals surface area contributed by atoms with Gasteiger partial charge in [0.1, 0.15) is 5.69 Å². The number of aromatic carboxylic acids is 1. The molecule has 13 heavy (non-hydrogen) atoms. The SMILES string of the molecule is CCn1nnc(C(C)C)c1C(=O)O. The van der Waals surface area contributed by atoms with Crippen LogP contribution in [0.25, 0.3) is 0 Å². The van der Waals surface area contributed by atoms with E-state index in [0.29, 0.717) is 12.2 Å². The van der Waals surface area contributed by atoms with Gasteiger partial charge in [0.2, 0.25) is 0 Å². The summed E-state index contributed by atoms with van der Waals surface area (Å²) < 4.78 is 1.40. The molecule has 0 unspecified atom stereocenters. The van der Waals surface area contributed by atoms with Gasteiger partial charge in [-0.1, -0.05) is 19.1 Å². The minimum Gasteiger partial charge on any atom is -0.476 e. The molecule has 1 heterocycles. The third kappa shape index (κ3) is 1.68. The lowest BCUT2D eigenvalue weighted by atomic mass is 10.1. The molecule has 0 aliphatic rings. The van der Waals surface area contributed by atoms with Crippen molar-refractivity contribution < 1.29 is 9.90 Å². The van der Waals surface area contributed by atoms with E-state index in [0.717, 1.165) is 0 Å². The summed E-state index contributed by atoms with van der Waals surface area (Å²) in [6, 6.07) is 0. The maximum absolute atomic E-state index is 10.9. The van der Waals surface area contributed by atoms with Crippen molar-refractivity contribution in [3.05, 3.63) is 11.4 Å². The van der Waals surface area contributed by atoms with Gasteiger partial charge in [0.05, 0.1) is 0 Å². The van der Waals surface area contributed by atoms with Gasteiger partial charge < -0.3 is 5.11 Å². The quantitative estimate of drug-likeness (QED) is 0.762. The van der Waals surface area contributed by atoms with Gasteiger partial charge in [-0.15, -0.1) is 5.10 Å². The normalized spacial score (nSPS) is 10.8. The summed E-state index contributed by atoms with van der Waals surface area (Å²) in [6.45, 7) is 6.17. The first-order valence-corrected chi connectivity index (χ1v) is 4.24. The zero-order valence-electron chi connectivity index (χ0n) is 7.98. The van der Waals surface area contributed by atoms with Crippen molar-refractivity contribution in [2.75, 3.05) is 0 Å². The number of rotatable bonds is 3. The second-order valence-corrected chi connectivity index (χ2v) is 3.10. The lowest BCUT2D eigenvalue weighted by Crippen LogP contribution is -2.11. The van der Waals surface area contributed by atoms with E-state index in [-0.39, 0.29) is 11.6 Å². The van der Waals surface area contributed by atoms with Crippen molar-refractivity contribution in [3.63, 3.8) is 0 Å². The molecule has 1 aromatic heterocycles. The highest BCUT2D eigenvalue weighted by Gasteiger charge is 2.20. The lowest BCUT2D eigenvalue weighted by molar-refractivity contribution is 0.0681. The molecule has 0 spiro atoms. The van der Waals surface area contributed by atoms with E-state index in [1.54, 1.807) is 0 Å². The van der Waals surface area contributed by atoms with E-state index >= 15 is 0 Å². The first-order chi connectivity index (χ1) is 6.07. The maximum Gasteiger partial charge on any atom is 0.356 e. The molecule has 0 aromatic carbocycles. The Bertz CT molecular complexity index is 317. The van der Waals surface area contributed by atoms with Gasteiger partial charge in [0.15, 0.2) is 5.69 Å². The Hall–Kier alpha value is -1.39. The molecule has 0 saturated carbocycles. The summed E-state index contributed by atoms with van der Waals surface area (Å²) >= 11 is 0. The van der Waals surface area contributed by atoms with Crippen LogP contribution < -0.4 is 0 Å². The Balaban J connectivity index is 3.22. The standard InChI is InChI=1S/C8H13N3O2/c1-4-11-7(8(12)13)6(5(2)3)9-10-11/h5H,4H2,1-3H3,(H,12,13). The Kier molecular flexibility index (Phi) is 2.65. The van der Waals surface area contributed by atoms with E-state index in [9.17, 15) is 4.79 Å². The number of hydrogen-bond acceptors (Lipinski definition) is 3. The molecule has 0 fully saturated rings. The van der Waals surface area contributed by atoms with E-state index in [1.165, 1.54) is 4.68 Å². The van der Waals surface area contributed by atoms with Crippen LogP contribution in [0.5, 0.6) is 0 Å². The van der Waals surface area contributed by atoms with Crippen LogP contribution in [0.15, 0.2) is 0 Å². The minimum atomic E-state index is -0.962. The Morgan fingerprint density at radius 1 is 1.62 bits per heavy atom. The smallest absolute Gasteiger partial charge is 0.356 e. The molecule has 0 atom stereocenters. The van der Waals surface area contributed by atoms with Crippen molar-refractivity contribution in [3.8, 4) is 0 Å². The molecular formula is C8H13N3O2. The molecule has 5 nitrogen and oxygen atoms in total. The number of carbonyl (C=O) groups is 1. The van der Waals surface area contributed by atoms with Gasteiger partial charge in [0.25, 0.3) is 0 Å². The first kappa shape index (κ1) is 9.70. The van der Waals surface area contributed by atoms with E-state index < -0.39 is 5.97 Å². The molecule has 1 aromatic rings. The monoisotopic (exact) mass is 183 g/mol. The highest BCUT2D eigenvalue weighted by atomic mass is 16.4. The maximum atomic E-state index is 10.9. The van der Waals surface area contributed by atoms with Crippen LogP contribution in [-0.2, 0) is 6.54 Å². The predicted molar refractivity (Wildman–Crippen MR) is 46.7 cm³/mol. The Morgan fingerprint density at radius 3 is 2.62 bits per heavy atom. The van der Waals surface area contributed by atoms with Crippen LogP contribution in [-0.4, -0.2) is 26.1 Å². The number of aromatic nitrogens is 3. The van der Waals surface area contributed by atoms with Gasteiger partial charge in [0, 0.05) is 6.54 Å². The van der Waals surface area contributed by atoms with Gasteiger partial charge in [-0.05, 0) is 12.8 Å². The van der Waals surface area contributed by atoms with Crippen molar-refractivity contribution in [2.24, 2.45) is 0 Å². The highest BCUT2D eigenvalue weighted by molar-refractivity contribution is 5.86. The van der Waals surface area contributed by atoms with Crippen LogP contribution in [0.3, 0.4) is 0 Å². The highest BCUT2D eigenvalue weighted by Crippen LogP contribution is 2.16. The summed E-state index contributed by atoms with van der Waals surface area (Å²) in [7, 11) is 0. The predicted octanol–water partition coefficient (Wildman–Crippen LogP) is 1.12. The number of carboxylic acids is 1. The fraction of sp³-hybridized carbons (Fsp3) is 0.625. The molecule has 0 aliphatic heterocycles. The molecule has 72 valence electrons. The lowest BCUT2D eigenvalue weighted by Gasteiger charge is -2.02. The van der Waals surface area contributed by atoms with Gasteiger partial charge in [-0.3, -0.25) is 0 Å². The van der Waals surface area contributed by atoms with E-state index in [4.69, 9.17) is 5.11 Å². The van der Waals surface area contributed by atoms with Gasteiger partial charge in [-0.2, -0.15) is 0 Å². The van der Waals surface area contributed by atoms with Crippen LogP contribution in [0, 0.1) is 0 Å². The van der Waals surface area contributed by atoms with Gasteiger partial charge in [-0.25, -0.2) is 9.48 Å². The number of aryl methyl sites for hydroxylation is 1. The van der Waals surface area contributed by atoms with E-state index in [2.05, 4.69) is 10.3 Å². The summed E-state index contributed by atoms with van der Waals surface area (Å²) in [5.41, 5.74) is 0.756. The average molecular weight is 183 g/mol. The van der Waals surface area contributed by atoms with Crippen LogP contribution in [0.4, 0.5) is 0 Å². The minimum absolute atomic E-state index is 0.0893. The summed E-state index contributed by atoms with van der Waals surface area (Å²) in [6.07, 6.45) is 0. The van der Waals surface area contributed by atoms with Crippen molar-refractivity contribution in [1.82, 2.24) is 15.0 Å². The molecular weight excluding hydrogens is 170 g/mol. The molecule has 0 saturated heterocycles. The molecule has 1 N–H and O–H groups in total. The molecule has 0 aliphatic carbocycles. The largest absolute Gasteiger partial charge is 0.476 e. The second kappa shape index (κ2) is 3.55. The van der Waals surface area contributed by atoms with Crippen molar-refractivity contribution in [2.45, 2.75) is 33.2 Å². The number of nitrogens with zero attached hydrogens (tertiary/aromatic N) is 3. The van der Waals surface area contributed by atoms with Crippen molar-refractivity contribution >= 4 is 5.97 Å². The third-order valence-corrected chi connectivity index (χ3v) is 1.81. The Labute approximate surface area is 76.4 Å². The van der Waals surface area contributed by atoms with E-state index in [1.807, 2.05) is 20.8 Å². The van der Waals surface area contributed by atoms with Crippen LogP contribution in [0.2, 0.25) is 0 Å².